The number of hydrogen-bond donors (Lipinski definition) is 1. The Morgan fingerprint density at radius 3 is 2.84 bits per heavy atom. The van der Waals surface area contributed by atoms with Crippen LogP contribution in [0, 0.1) is 5.92 Å². The van der Waals surface area contributed by atoms with Crippen LogP contribution in [0.25, 0.3) is 0 Å². The number of ether oxygens (including phenoxy) is 1. The first-order valence-corrected chi connectivity index (χ1v) is 8.14. The van der Waals surface area contributed by atoms with Crippen LogP contribution in [0.15, 0.2) is 22.7 Å². The molecule has 0 aromatic heterocycles. The molecule has 0 saturated carbocycles. The molecule has 19 heavy (non-hydrogen) atoms. The van der Waals surface area contributed by atoms with Gasteiger partial charge in [-0.1, -0.05) is 30.7 Å². The van der Waals surface area contributed by atoms with E-state index in [0.29, 0.717) is 6.04 Å². The van der Waals surface area contributed by atoms with E-state index in [1.165, 1.54) is 5.56 Å². The molecule has 0 spiro atoms. The van der Waals surface area contributed by atoms with Gasteiger partial charge in [0.2, 0.25) is 0 Å². The number of hydrogen-bond acceptors (Lipinski definition) is 2. The molecule has 2 rings (SSSR count). The predicted octanol–water partition coefficient (Wildman–Crippen LogP) is 4.57. The molecule has 1 aliphatic rings. The minimum Gasteiger partial charge on any atom is -0.381 e. The molecule has 1 atom stereocenters. The van der Waals surface area contributed by atoms with Crippen LogP contribution in [0.2, 0.25) is 5.02 Å². The molecular weight excluding hydrogens is 326 g/mol. The van der Waals surface area contributed by atoms with Crippen molar-refractivity contribution in [3.63, 3.8) is 0 Å². The Balaban J connectivity index is 2.11. The van der Waals surface area contributed by atoms with Crippen LogP contribution >= 0.6 is 27.5 Å². The summed E-state index contributed by atoms with van der Waals surface area (Å²) < 4.78 is 6.41. The standard InChI is InChI=1S/C15H21BrClNO/c1-2-18-14(10-11-6-8-19-9-7-11)12-4-3-5-13(16)15(12)17/h3-5,11,14,18H,2,6-10H2,1H3. The minimum absolute atomic E-state index is 0.332. The fourth-order valence-corrected chi connectivity index (χ4v) is 3.31. The smallest absolute Gasteiger partial charge is 0.0595 e. The Kier molecular flexibility index (Phi) is 6.14. The van der Waals surface area contributed by atoms with Crippen LogP contribution in [0.1, 0.15) is 37.8 Å². The molecular formula is C15H21BrClNO. The highest BCUT2D eigenvalue weighted by Gasteiger charge is 2.22. The zero-order chi connectivity index (χ0) is 13.7. The first-order valence-electron chi connectivity index (χ1n) is 6.97. The van der Waals surface area contributed by atoms with Crippen molar-refractivity contribution in [2.75, 3.05) is 19.8 Å². The Labute approximate surface area is 129 Å². The predicted molar refractivity (Wildman–Crippen MR) is 83.7 cm³/mol. The Bertz CT molecular complexity index is 407. The van der Waals surface area contributed by atoms with E-state index in [2.05, 4.69) is 40.3 Å². The second kappa shape index (κ2) is 7.63. The van der Waals surface area contributed by atoms with Gasteiger partial charge < -0.3 is 10.1 Å². The molecule has 1 aromatic carbocycles. The van der Waals surface area contributed by atoms with Crippen molar-refractivity contribution < 1.29 is 4.74 Å². The summed E-state index contributed by atoms with van der Waals surface area (Å²) in [7, 11) is 0. The molecule has 0 bridgehead atoms. The maximum Gasteiger partial charge on any atom is 0.0595 e. The molecule has 0 radical (unpaired) electrons. The molecule has 1 N–H and O–H groups in total. The number of nitrogens with one attached hydrogen (secondary N) is 1. The van der Waals surface area contributed by atoms with Crippen LogP contribution in [0.3, 0.4) is 0 Å². The maximum atomic E-state index is 6.43. The monoisotopic (exact) mass is 345 g/mol. The van der Waals surface area contributed by atoms with Crippen LogP contribution in [0.5, 0.6) is 0 Å². The summed E-state index contributed by atoms with van der Waals surface area (Å²) in [5, 5.41) is 4.40. The molecule has 106 valence electrons. The summed E-state index contributed by atoms with van der Waals surface area (Å²) in [5.41, 5.74) is 1.20. The Hall–Kier alpha value is -0.0900. The summed E-state index contributed by atoms with van der Waals surface area (Å²) in [6, 6.07) is 6.50. The molecule has 1 saturated heterocycles. The fourth-order valence-electron chi connectivity index (χ4n) is 2.67. The van der Waals surface area contributed by atoms with Crippen molar-refractivity contribution in [1.82, 2.24) is 5.32 Å². The van der Waals surface area contributed by atoms with E-state index >= 15 is 0 Å². The highest BCUT2D eigenvalue weighted by atomic mass is 79.9. The number of rotatable bonds is 5. The highest BCUT2D eigenvalue weighted by Crippen LogP contribution is 2.34. The van der Waals surface area contributed by atoms with Crippen molar-refractivity contribution >= 4 is 27.5 Å². The lowest BCUT2D eigenvalue weighted by atomic mass is 9.89. The molecule has 1 aliphatic heterocycles. The van der Waals surface area contributed by atoms with Crippen molar-refractivity contribution in [1.29, 1.82) is 0 Å². The van der Waals surface area contributed by atoms with Gasteiger partial charge in [0.25, 0.3) is 0 Å². The molecule has 1 aromatic rings. The largest absolute Gasteiger partial charge is 0.381 e. The van der Waals surface area contributed by atoms with Gasteiger partial charge in [-0.3, -0.25) is 0 Å². The van der Waals surface area contributed by atoms with Crippen molar-refractivity contribution in [2.24, 2.45) is 5.92 Å². The van der Waals surface area contributed by atoms with Crippen molar-refractivity contribution in [2.45, 2.75) is 32.2 Å². The normalized spacial score (nSPS) is 18.5. The van der Waals surface area contributed by atoms with Gasteiger partial charge in [-0.2, -0.15) is 0 Å². The topological polar surface area (TPSA) is 21.3 Å². The average Bonchev–Trinajstić information content (AvgIpc) is 2.43. The molecule has 0 amide bonds. The third-order valence-electron chi connectivity index (χ3n) is 3.72. The van der Waals surface area contributed by atoms with Gasteiger partial charge in [-0.15, -0.1) is 0 Å². The average molecular weight is 347 g/mol. The van der Waals surface area contributed by atoms with Gasteiger partial charge in [0.05, 0.1) is 5.02 Å². The fraction of sp³-hybridized carbons (Fsp3) is 0.600. The lowest BCUT2D eigenvalue weighted by molar-refractivity contribution is 0.0606. The summed E-state index contributed by atoms with van der Waals surface area (Å²) >= 11 is 9.94. The van der Waals surface area contributed by atoms with Crippen LogP contribution in [-0.2, 0) is 4.74 Å². The Morgan fingerprint density at radius 2 is 2.16 bits per heavy atom. The van der Waals surface area contributed by atoms with E-state index in [0.717, 1.165) is 54.4 Å². The van der Waals surface area contributed by atoms with E-state index < -0.39 is 0 Å². The summed E-state index contributed by atoms with van der Waals surface area (Å²) in [5.74, 6) is 0.729. The summed E-state index contributed by atoms with van der Waals surface area (Å²) in [6.45, 7) is 4.89. The number of benzene rings is 1. The van der Waals surface area contributed by atoms with Gasteiger partial charge in [-0.25, -0.2) is 0 Å². The summed E-state index contributed by atoms with van der Waals surface area (Å²) in [6.07, 6.45) is 3.45. The zero-order valence-corrected chi connectivity index (χ0v) is 13.6. The lowest BCUT2D eigenvalue weighted by Gasteiger charge is -2.28. The van der Waals surface area contributed by atoms with E-state index in [1.54, 1.807) is 0 Å². The first kappa shape index (κ1) is 15.3. The van der Waals surface area contributed by atoms with Crippen LogP contribution in [-0.4, -0.2) is 19.8 Å². The quantitative estimate of drug-likeness (QED) is 0.843. The van der Waals surface area contributed by atoms with Gasteiger partial charge in [0.1, 0.15) is 0 Å². The van der Waals surface area contributed by atoms with E-state index in [1.807, 2.05) is 6.07 Å². The van der Waals surface area contributed by atoms with Gasteiger partial charge in [-0.05, 0) is 59.3 Å². The second-order valence-electron chi connectivity index (χ2n) is 5.04. The molecule has 4 heteroatoms. The van der Waals surface area contributed by atoms with Crippen LogP contribution in [0.4, 0.5) is 0 Å². The van der Waals surface area contributed by atoms with Gasteiger partial charge in [0.15, 0.2) is 0 Å². The lowest BCUT2D eigenvalue weighted by Crippen LogP contribution is -2.26. The molecule has 1 unspecified atom stereocenters. The molecule has 2 nitrogen and oxygen atoms in total. The third-order valence-corrected chi connectivity index (χ3v) is 5.03. The minimum atomic E-state index is 0.332. The summed E-state index contributed by atoms with van der Waals surface area (Å²) in [4.78, 5) is 0. The first-order chi connectivity index (χ1) is 9.22. The molecule has 0 aliphatic carbocycles. The van der Waals surface area contributed by atoms with Crippen LogP contribution < -0.4 is 5.32 Å². The van der Waals surface area contributed by atoms with Crippen molar-refractivity contribution in [3.8, 4) is 0 Å². The number of halogens is 2. The zero-order valence-electron chi connectivity index (χ0n) is 11.3. The molecule has 1 fully saturated rings. The van der Waals surface area contributed by atoms with Gasteiger partial charge in [0, 0.05) is 23.7 Å². The van der Waals surface area contributed by atoms with E-state index in [-0.39, 0.29) is 0 Å². The highest BCUT2D eigenvalue weighted by molar-refractivity contribution is 9.10. The third kappa shape index (κ3) is 4.19. The SMILES string of the molecule is CCNC(CC1CCOCC1)c1cccc(Br)c1Cl. The molecule has 1 heterocycles. The maximum absolute atomic E-state index is 6.43. The van der Waals surface area contributed by atoms with Gasteiger partial charge >= 0.3 is 0 Å². The van der Waals surface area contributed by atoms with Crippen molar-refractivity contribution in [3.05, 3.63) is 33.3 Å². The second-order valence-corrected chi connectivity index (χ2v) is 6.28. The Morgan fingerprint density at radius 1 is 1.42 bits per heavy atom. The van der Waals surface area contributed by atoms with E-state index in [4.69, 9.17) is 16.3 Å². The van der Waals surface area contributed by atoms with E-state index in [9.17, 15) is 0 Å².